The third kappa shape index (κ3) is 10.2. The van der Waals surface area contributed by atoms with Crippen LogP contribution < -0.4 is 20.7 Å². The molecule has 3 unspecified atom stereocenters. The first-order valence-corrected chi connectivity index (χ1v) is 15.2. The minimum atomic E-state index is -1.45. The van der Waals surface area contributed by atoms with Gasteiger partial charge >= 0.3 is 0 Å². The van der Waals surface area contributed by atoms with Gasteiger partial charge in [0, 0.05) is 37.6 Å². The highest BCUT2D eigenvalue weighted by Crippen LogP contribution is 2.25. The Morgan fingerprint density at radius 1 is 1.00 bits per heavy atom. The number of benzene rings is 2. The number of nitrogens with one attached hydrogen (secondary N) is 3. The number of hydrogen-bond acceptors (Lipinski definition) is 9. The lowest BCUT2D eigenvalue weighted by molar-refractivity contribution is -0.244. The van der Waals surface area contributed by atoms with Gasteiger partial charge in [-0.3, -0.25) is 19.2 Å². The largest absolute Gasteiger partial charge is 0.463 e. The van der Waals surface area contributed by atoms with Crippen molar-refractivity contribution in [1.82, 2.24) is 15.5 Å². The average Bonchev–Trinajstić information content (AvgIpc) is 3.04. The van der Waals surface area contributed by atoms with Gasteiger partial charge in [0.2, 0.25) is 24.0 Å². The van der Waals surface area contributed by atoms with Crippen LogP contribution in [0.4, 0.5) is 5.69 Å². The van der Waals surface area contributed by atoms with Gasteiger partial charge < -0.3 is 45.6 Å². The van der Waals surface area contributed by atoms with Crippen LogP contribution in [0.3, 0.4) is 0 Å². The number of unbranched alkanes of at least 4 members (excludes halogenated alkanes) is 1. The quantitative estimate of drug-likeness (QED) is 0.159. The second-order valence-corrected chi connectivity index (χ2v) is 10.8. The highest BCUT2D eigenvalue weighted by Gasteiger charge is 2.46. The van der Waals surface area contributed by atoms with E-state index >= 15 is 0 Å². The van der Waals surface area contributed by atoms with Gasteiger partial charge in [0.15, 0.2) is 0 Å². The maximum absolute atomic E-state index is 12.9. The van der Waals surface area contributed by atoms with Crippen molar-refractivity contribution in [1.29, 1.82) is 0 Å². The molecule has 6 atom stereocenters. The maximum Gasteiger partial charge on any atom is 0.252 e. The molecule has 45 heavy (non-hydrogen) atoms. The van der Waals surface area contributed by atoms with Crippen molar-refractivity contribution in [2.45, 2.75) is 89.7 Å². The molecule has 1 saturated heterocycles. The van der Waals surface area contributed by atoms with Crippen molar-refractivity contribution in [3.63, 3.8) is 0 Å². The van der Waals surface area contributed by atoms with E-state index in [4.69, 9.17) is 9.47 Å². The first-order valence-electron chi connectivity index (χ1n) is 15.2. The summed E-state index contributed by atoms with van der Waals surface area (Å²) in [6, 6.07) is 13.9. The van der Waals surface area contributed by atoms with Crippen LogP contribution in [-0.2, 0) is 19.1 Å². The molecular formula is C32H44N4O9. The SMILES string of the molecule is CCCCC(NC(=O)c1ccccc1)N(CCC(=O)Nc1ccc(O[C@@H]2OC(CO)[C@H](O)[C@H](O)C2NC(C)=O)cc1)C(=O)CC. The number of aliphatic hydroxyl groups is 3. The Balaban J connectivity index is 1.63. The number of aliphatic hydroxyl groups excluding tert-OH is 3. The van der Waals surface area contributed by atoms with Gasteiger partial charge in [-0.05, 0) is 49.2 Å². The number of carbonyl (C=O) groups excluding carboxylic acids is 4. The van der Waals surface area contributed by atoms with E-state index in [9.17, 15) is 34.5 Å². The summed E-state index contributed by atoms with van der Waals surface area (Å²) in [7, 11) is 0. The van der Waals surface area contributed by atoms with Gasteiger partial charge in [0.05, 0.1) is 6.61 Å². The molecule has 2 aromatic carbocycles. The smallest absolute Gasteiger partial charge is 0.252 e. The molecule has 2 aromatic rings. The maximum atomic E-state index is 12.9. The molecule has 0 saturated carbocycles. The van der Waals surface area contributed by atoms with Crippen LogP contribution in [-0.4, -0.2) is 93.8 Å². The molecule has 0 spiro atoms. The minimum Gasteiger partial charge on any atom is -0.463 e. The number of ether oxygens (including phenoxy) is 2. The Bertz CT molecular complexity index is 1260. The number of nitrogens with zero attached hydrogens (tertiary/aromatic N) is 1. The van der Waals surface area contributed by atoms with Crippen molar-refractivity contribution < 1.29 is 44.0 Å². The van der Waals surface area contributed by atoms with Crippen LogP contribution in [0.1, 0.15) is 63.2 Å². The van der Waals surface area contributed by atoms with E-state index in [1.54, 1.807) is 60.4 Å². The molecule has 1 aliphatic heterocycles. The summed E-state index contributed by atoms with van der Waals surface area (Å²) in [5, 5.41) is 38.4. The zero-order valence-corrected chi connectivity index (χ0v) is 25.8. The van der Waals surface area contributed by atoms with Crippen LogP contribution in [0.25, 0.3) is 0 Å². The zero-order valence-electron chi connectivity index (χ0n) is 25.8. The fourth-order valence-corrected chi connectivity index (χ4v) is 4.95. The normalized spacial score (nSPS) is 21.7. The highest BCUT2D eigenvalue weighted by atomic mass is 16.7. The molecule has 1 fully saturated rings. The summed E-state index contributed by atoms with van der Waals surface area (Å²) in [6.45, 7) is 4.53. The number of hydrogen-bond donors (Lipinski definition) is 6. The van der Waals surface area contributed by atoms with Crippen molar-refractivity contribution in [2.24, 2.45) is 0 Å². The van der Waals surface area contributed by atoms with Crippen LogP contribution in [0.5, 0.6) is 5.75 Å². The number of rotatable bonds is 15. The standard InChI is InChI=1S/C32H44N4O9/c1-4-6-12-25(35-31(43)21-10-8-7-9-11-21)36(27(40)5-2)18-17-26(39)34-22-13-15-23(16-14-22)44-32-28(33-20(3)38)30(42)29(41)24(19-37)45-32/h7-11,13-16,24-25,28-30,32,37,41-42H,4-6,12,17-19H2,1-3H3,(H,33,38)(H,34,39)(H,35,43)/t24?,25?,28?,29-,30+,32+/m0/s1. The predicted octanol–water partition coefficient (Wildman–Crippen LogP) is 1.52. The van der Waals surface area contributed by atoms with E-state index in [1.807, 2.05) is 13.0 Å². The van der Waals surface area contributed by atoms with Gasteiger partial charge in [0.1, 0.15) is 36.3 Å². The molecule has 1 heterocycles. The summed E-state index contributed by atoms with van der Waals surface area (Å²) in [6.07, 6.45) is -3.38. The Morgan fingerprint density at radius 2 is 1.69 bits per heavy atom. The molecule has 3 rings (SSSR count). The fourth-order valence-electron chi connectivity index (χ4n) is 4.95. The summed E-state index contributed by atoms with van der Waals surface area (Å²) >= 11 is 0. The van der Waals surface area contributed by atoms with Crippen molar-refractivity contribution >= 4 is 29.3 Å². The number of amides is 4. The molecule has 13 nitrogen and oxygen atoms in total. The lowest BCUT2D eigenvalue weighted by Crippen LogP contribution is -2.65. The van der Waals surface area contributed by atoms with E-state index in [0.29, 0.717) is 17.7 Å². The van der Waals surface area contributed by atoms with Gasteiger partial charge in [-0.25, -0.2) is 0 Å². The van der Waals surface area contributed by atoms with Crippen molar-refractivity contribution in [3.8, 4) is 5.75 Å². The van der Waals surface area contributed by atoms with Crippen LogP contribution in [0, 0.1) is 0 Å². The molecular weight excluding hydrogens is 584 g/mol. The van der Waals surface area contributed by atoms with E-state index in [-0.39, 0.29) is 42.9 Å². The second kappa shape index (κ2) is 17.4. The Hall–Kier alpha value is -4.04. The molecule has 4 amide bonds. The third-order valence-electron chi connectivity index (χ3n) is 7.38. The molecule has 1 aliphatic rings. The lowest BCUT2D eigenvalue weighted by Gasteiger charge is -2.42. The van der Waals surface area contributed by atoms with Gasteiger partial charge in [-0.1, -0.05) is 38.5 Å². The Kier molecular flexibility index (Phi) is 13.7. The van der Waals surface area contributed by atoms with Crippen LogP contribution in [0.15, 0.2) is 54.6 Å². The summed E-state index contributed by atoms with van der Waals surface area (Å²) in [5.74, 6) is -1.01. The number of carbonyl (C=O) groups is 4. The van der Waals surface area contributed by atoms with Gasteiger partial charge in [-0.2, -0.15) is 0 Å². The zero-order chi connectivity index (χ0) is 32.9. The van der Waals surface area contributed by atoms with E-state index in [1.165, 1.54) is 6.92 Å². The summed E-state index contributed by atoms with van der Waals surface area (Å²) in [5.41, 5.74) is 0.933. The molecule has 13 heteroatoms. The highest BCUT2D eigenvalue weighted by molar-refractivity contribution is 5.94. The topological polar surface area (TPSA) is 187 Å². The molecule has 0 aliphatic carbocycles. The fraction of sp³-hybridized carbons (Fsp3) is 0.500. The molecule has 0 bridgehead atoms. The Morgan fingerprint density at radius 3 is 2.29 bits per heavy atom. The second-order valence-electron chi connectivity index (χ2n) is 10.8. The van der Waals surface area contributed by atoms with Gasteiger partial charge in [-0.15, -0.1) is 0 Å². The predicted molar refractivity (Wildman–Crippen MR) is 165 cm³/mol. The van der Waals surface area contributed by atoms with E-state index < -0.39 is 49.3 Å². The van der Waals surface area contributed by atoms with Crippen LogP contribution in [0.2, 0.25) is 0 Å². The molecule has 246 valence electrons. The first kappa shape index (κ1) is 35.4. The Labute approximate surface area is 262 Å². The monoisotopic (exact) mass is 628 g/mol. The third-order valence-corrected chi connectivity index (χ3v) is 7.38. The minimum absolute atomic E-state index is 0.00903. The van der Waals surface area contributed by atoms with Gasteiger partial charge in [0.25, 0.3) is 5.91 Å². The van der Waals surface area contributed by atoms with E-state index in [0.717, 1.165) is 12.8 Å². The number of anilines is 1. The molecule has 0 aromatic heterocycles. The van der Waals surface area contributed by atoms with E-state index in [2.05, 4.69) is 16.0 Å². The van der Waals surface area contributed by atoms with Crippen molar-refractivity contribution in [2.75, 3.05) is 18.5 Å². The average molecular weight is 629 g/mol. The molecule has 0 radical (unpaired) electrons. The van der Waals surface area contributed by atoms with Crippen molar-refractivity contribution in [3.05, 3.63) is 60.2 Å². The summed E-state index contributed by atoms with van der Waals surface area (Å²) in [4.78, 5) is 51.9. The lowest BCUT2D eigenvalue weighted by atomic mass is 9.97. The van der Waals surface area contributed by atoms with Crippen LogP contribution >= 0.6 is 0 Å². The summed E-state index contributed by atoms with van der Waals surface area (Å²) < 4.78 is 11.4. The first-order chi connectivity index (χ1) is 21.6. The molecule has 6 N–H and O–H groups in total.